The minimum absolute atomic E-state index is 0.0419. The number of carbonyl (C=O) groups is 2. The number of hydrogen-bond acceptors (Lipinski definition) is 8. The Hall–Kier alpha value is -3.77. The van der Waals surface area contributed by atoms with E-state index in [1.807, 2.05) is 36.0 Å². The summed E-state index contributed by atoms with van der Waals surface area (Å²) in [5.74, 6) is -0.0902. The van der Waals surface area contributed by atoms with Gasteiger partial charge in [-0.1, -0.05) is 12.1 Å². The number of anilines is 3. The molecule has 3 N–H and O–H groups in total. The number of hydrazone groups is 1. The second kappa shape index (κ2) is 9.00. The Bertz CT molecular complexity index is 1330. The molecule has 33 heavy (non-hydrogen) atoms. The zero-order chi connectivity index (χ0) is 23.6. The van der Waals surface area contributed by atoms with Crippen molar-refractivity contribution in [3.63, 3.8) is 0 Å². The van der Waals surface area contributed by atoms with Gasteiger partial charge in [-0.05, 0) is 48.9 Å². The first-order chi connectivity index (χ1) is 15.7. The summed E-state index contributed by atoms with van der Waals surface area (Å²) in [5, 5.41) is 11.1. The minimum atomic E-state index is -3.97. The molecule has 4 rings (SSSR count). The number of hydrogen-bond donors (Lipinski definition) is 3. The van der Waals surface area contributed by atoms with E-state index in [1.54, 1.807) is 19.1 Å². The fourth-order valence-corrected chi connectivity index (χ4v) is 5.27. The van der Waals surface area contributed by atoms with Gasteiger partial charge in [0.05, 0.1) is 24.0 Å². The molecule has 0 spiro atoms. The zero-order valence-corrected chi connectivity index (χ0v) is 19.3. The van der Waals surface area contributed by atoms with E-state index < -0.39 is 16.1 Å². The van der Waals surface area contributed by atoms with E-state index >= 15 is 0 Å². The standard InChI is InChI=1S/C21H20N6O4S2/c1-13-3-10-20(32-13)33(30,31)26-21(29)24-18-9-8-16(12-23-18)27-19(28)11-17(25-27)14-4-6-15(22-2)7-5-14/h3-10,12,22H,11H2,1-2H3,(H2,23,24,26,29). The zero-order valence-electron chi connectivity index (χ0n) is 17.7. The number of urea groups is 1. The summed E-state index contributed by atoms with van der Waals surface area (Å²) in [7, 11) is -2.14. The third-order valence-electron chi connectivity index (χ3n) is 4.72. The number of pyridine rings is 1. The van der Waals surface area contributed by atoms with Crippen LogP contribution in [0, 0.1) is 6.92 Å². The normalized spacial score (nSPS) is 13.6. The molecule has 12 heteroatoms. The molecule has 0 unspecified atom stereocenters. The maximum absolute atomic E-state index is 12.5. The van der Waals surface area contributed by atoms with Gasteiger partial charge in [-0.2, -0.15) is 10.1 Å². The molecule has 1 aliphatic heterocycles. The highest BCUT2D eigenvalue weighted by atomic mass is 32.2. The molecule has 2 aromatic heterocycles. The monoisotopic (exact) mass is 484 g/mol. The molecule has 0 aliphatic carbocycles. The van der Waals surface area contributed by atoms with E-state index in [-0.39, 0.29) is 22.4 Å². The first-order valence-corrected chi connectivity index (χ1v) is 12.1. The third kappa shape index (κ3) is 5.02. The van der Waals surface area contributed by atoms with Crippen LogP contribution in [0.25, 0.3) is 0 Å². The Morgan fingerprint density at radius 3 is 2.45 bits per heavy atom. The van der Waals surface area contributed by atoms with Crippen LogP contribution in [0.2, 0.25) is 0 Å². The number of benzene rings is 1. The summed E-state index contributed by atoms with van der Waals surface area (Å²) >= 11 is 1.06. The number of aromatic nitrogens is 1. The van der Waals surface area contributed by atoms with Crippen molar-refractivity contribution < 1.29 is 18.0 Å². The number of aryl methyl sites for hydroxylation is 1. The average molecular weight is 485 g/mol. The van der Waals surface area contributed by atoms with Gasteiger partial charge in [-0.3, -0.25) is 10.1 Å². The van der Waals surface area contributed by atoms with Gasteiger partial charge >= 0.3 is 6.03 Å². The molecule has 1 aliphatic rings. The minimum Gasteiger partial charge on any atom is -0.388 e. The van der Waals surface area contributed by atoms with Gasteiger partial charge in [0.25, 0.3) is 15.9 Å². The Kier molecular flexibility index (Phi) is 6.11. The van der Waals surface area contributed by atoms with E-state index in [2.05, 4.69) is 20.7 Å². The van der Waals surface area contributed by atoms with Gasteiger partial charge in [0.2, 0.25) is 0 Å². The second-order valence-corrected chi connectivity index (χ2v) is 10.3. The van der Waals surface area contributed by atoms with Crippen LogP contribution in [0.4, 0.5) is 22.0 Å². The van der Waals surface area contributed by atoms with Gasteiger partial charge in [-0.15, -0.1) is 11.3 Å². The maximum Gasteiger partial charge on any atom is 0.334 e. The molecule has 0 bridgehead atoms. The van der Waals surface area contributed by atoms with Crippen LogP contribution in [-0.2, 0) is 14.8 Å². The summed E-state index contributed by atoms with van der Waals surface area (Å²) in [5.41, 5.74) is 2.86. The Labute approximate surface area is 194 Å². The summed E-state index contributed by atoms with van der Waals surface area (Å²) in [4.78, 5) is 29.5. The number of sulfonamides is 1. The molecular weight excluding hydrogens is 464 g/mol. The van der Waals surface area contributed by atoms with Gasteiger partial charge in [0.1, 0.15) is 10.0 Å². The lowest BCUT2D eigenvalue weighted by molar-refractivity contribution is -0.116. The quantitative estimate of drug-likeness (QED) is 0.492. The van der Waals surface area contributed by atoms with Crippen molar-refractivity contribution in [1.29, 1.82) is 0 Å². The van der Waals surface area contributed by atoms with Crippen molar-refractivity contribution in [2.45, 2.75) is 17.6 Å². The molecule has 0 radical (unpaired) electrons. The number of nitrogens with one attached hydrogen (secondary N) is 3. The topological polar surface area (TPSA) is 133 Å². The van der Waals surface area contributed by atoms with E-state index in [1.165, 1.54) is 23.3 Å². The van der Waals surface area contributed by atoms with Crippen LogP contribution in [0.5, 0.6) is 0 Å². The molecule has 0 atom stereocenters. The molecule has 3 heterocycles. The Morgan fingerprint density at radius 1 is 1.09 bits per heavy atom. The fraction of sp³-hybridized carbons (Fsp3) is 0.143. The van der Waals surface area contributed by atoms with E-state index in [0.29, 0.717) is 11.4 Å². The first kappa shape index (κ1) is 22.4. The highest BCUT2D eigenvalue weighted by Gasteiger charge is 2.26. The predicted octanol–water partition coefficient (Wildman–Crippen LogP) is 3.14. The van der Waals surface area contributed by atoms with Crippen LogP contribution in [0.1, 0.15) is 16.9 Å². The highest BCUT2D eigenvalue weighted by molar-refractivity contribution is 7.92. The second-order valence-electron chi connectivity index (χ2n) is 7.08. The van der Waals surface area contributed by atoms with Crippen LogP contribution in [-0.4, -0.2) is 38.1 Å². The average Bonchev–Trinajstić information content (AvgIpc) is 3.40. The largest absolute Gasteiger partial charge is 0.388 e. The van der Waals surface area contributed by atoms with E-state index in [4.69, 9.17) is 0 Å². The van der Waals surface area contributed by atoms with Crippen molar-refractivity contribution in [3.8, 4) is 0 Å². The van der Waals surface area contributed by atoms with Gasteiger partial charge in [0, 0.05) is 17.6 Å². The number of nitrogens with zero attached hydrogens (tertiary/aromatic N) is 3. The lowest BCUT2D eigenvalue weighted by Crippen LogP contribution is -2.34. The van der Waals surface area contributed by atoms with Crippen molar-refractivity contribution in [2.24, 2.45) is 5.10 Å². The molecule has 0 saturated heterocycles. The molecule has 3 aromatic rings. The lowest BCUT2D eigenvalue weighted by Gasteiger charge is -2.12. The molecule has 10 nitrogen and oxygen atoms in total. The predicted molar refractivity (Wildman–Crippen MR) is 127 cm³/mol. The molecule has 0 saturated carbocycles. The van der Waals surface area contributed by atoms with Crippen LogP contribution >= 0.6 is 11.3 Å². The molecule has 0 fully saturated rings. The first-order valence-electron chi connectivity index (χ1n) is 9.80. The molecule has 3 amide bonds. The Balaban J connectivity index is 1.42. The highest BCUT2D eigenvalue weighted by Crippen LogP contribution is 2.24. The molecule has 170 valence electrons. The third-order valence-corrected chi connectivity index (χ3v) is 7.55. The fourth-order valence-electron chi connectivity index (χ4n) is 3.08. The van der Waals surface area contributed by atoms with Gasteiger partial charge in [0.15, 0.2) is 0 Å². The van der Waals surface area contributed by atoms with E-state index in [0.717, 1.165) is 27.5 Å². The summed E-state index contributed by atoms with van der Waals surface area (Å²) < 4.78 is 26.5. The van der Waals surface area contributed by atoms with Crippen molar-refractivity contribution in [3.05, 3.63) is 65.2 Å². The number of carbonyl (C=O) groups excluding carboxylic acids is 2. The van der Waals surface area contributed by atoms with Crippen LogP contribution < -0.4 is 20.4 Å². The molecular formula is C21H20N6O4S2. The molecule has 1 aromatic carbocycles. The van der Waals surface area contributed by atoms with Gasteiger partial charge < -0.3 is 5.32 Å². The summed E-state index contributed by atoms with van der Waals surface area (Å²) in [6.45, 7) is 1.77. The van der Waals surface area contributed by atoms with Crippen molar-refractivity contribution in [1.82, 2.24) is 9.71 Å². The lowest BCUT2D eigenvalue weighted by atomic mass is 10.1. The van der Waals surface area contributed by atoms with Crippen LogP contribution in [0.3, 0.4) is 0 Å². The smallest absolute Gasteiger partial charge is 0.334 e. The number of amides is 3. The Morgan fingerprint density at radius 2 is 1.85 bits per heavy atom. The number of rotatable bonds is 6. The summed E-state index contributed by atoms with van der Waals surface area (Å²) in [6, 6.07) is 12.7. The van der Waals surface area contributed by atoms with E-state index in [9.17, 15) is 18.0 Å². The maximum atomic E-state index is 12.5. The van der Waals surface area contributed by atoms with Crippen molar-refractivity contribution in [2.75, 3.05) is 22.7 Å². The summed E-state index contributed by atoms with van der Waals surface area (Å²) in [6.07, 6.45) is 1.53. The number of thiophene rings is 1. The van der Waals surface area contributed by atoms with Crippen LogP contribution in [0.15, 0.2) is 64.0 Å². The van der Waals surface area contributed by atoms with Crippen molar-refractivity contribution >= 4 is 56.2 Å². The van der Waals surface area contributed by atoms with Gasteiger partial charge in [-0.25, -0.2) is 22.9 Å². The SMILES string of the molecule is CNc1ccc(C2=NN(c3ccc(NC(=O)NS(=O)(=O)c4ccc(C)s4)nc3)C(=O)C2)cc1.